The Labute approximate surface area is 50.5 Å². The lowest BCUT2D eigenvalue weighted by atomic mass is 10.2. The van der Waals surface area contributed by atoms with Crippen LogP contribution < -0.4 is 0 Å². The van der Waals surface area contributed by atoms with Gasteiger partial charge in [-0.1, -0.05) is 6.92 Å². The normalized spacial score (nSPS) is 18.0. The van der Waals surface area contributed by atoms with Crippen molar-refractivity contribution in [3.05, 3.63) is 0 Å². The fraction of sp³-hybridized carbons (Fsp3) is 1.00. The Balaban J connectivity index is 3.29. The molecule has 0 saturated heterocycles. The summed E-state index contributed by atoms with van der Waals surface area (Å²) in [6.45, 7) is 3.79. The van der Waals surface area contributed by atoms with Gasteiger partial charge in [-0.2, -0.15) is 0 Å². The molecule has 1 N–H and O–H groups in total. The molecular formula is C6H14O2. The van der Waals surface area contributed by atoms with Gasteiger partial charge in [0.15, 0.2) is 0 Å². The Bertz CT molecular complexity index is 46.5. The minimum absolute atomic E-state index is 0.0278. The first-order valence-corrected chi connectivity index (χ1v) is 2.93. The molecule has 0 radical (unpaired) electrons. The smallest absolute Gasteiger partial charge is 0.0801 e. The number of aliphatic hydroxyl groups is 1. The van der Waals surface area contributed by atoms with Gasteiger partial charge in [0.05, 0.1) is 12.2 Å². The zero-order chi connectivity index (χ0) is 6.57. The van der Waals surface area contributed by atoms with Gasteiger partial charge in [-0.15, -0.1) is 0 Å². The summed E-state index contributed by atoms with van der Waals surface area (Å²) in [5.41, 5.74) is 0. The summed E-state index contributed by atoms with van der Waals surface area (Å²) < 4.78 is 4.85. The summed E-state index contributed by atoms with van der Waals surface area (Å²) >= 11 is 0. The van der Waals surface area contributed by atoms with Crippen LogP contribution in [0.5, 0.6) is 0 Å². The van der Waals surface area contributed by atoms with E-state index < -0.39 is 0 Å². The lowest BCUT2D eigenvalue weighted by Crippen LogP contribution is -2.23. The molecule has 2 heteroatoms. The van der Waals surface area contributed by atoms with Crippen molar-refractivity contribution in [1.82, 2.24) is 0 Å². The summed E-state index contributed by atoms with van der Waals surface area (Å²) in [5, 5.41) is 9.00. The molecule has 0 spiro atoms. The van der Waals surface area contributed by atoms with Crippen LogP contribution in [0, 0.1) is 0 Å². The van der Waals surface area contributed by atoms with Gasteiger partial charge in [0.1, 0.15) is 0 Å². The molecule has 0 aromatic carbocycles. The molecule has 0 aliphatic carbocycles. The van der Waals surface area contributed by atoms with Crippen molar-refractivity contribution in [3.63, 3.8) is 0 Å². The minimum atomic E-state index is -0.306. The van der Waals surface area contributed by atoms with Gasteiger partial charge >= 0.3 is 0 Å². The topological polar surface area (TPSA) is 29.5 Å². The van der Waals surface area contributed by atoms with Crippen molar-refractivity contribution >= 4 is 0 Å². The van der Waals surface area contributed by atoms with Gasteiger partial charge in [-0.25, -0.2) is 0 Å². The zero-order valence-corrected chi connectivity index (χ0v) is 5.72. The van der Waals surface area contributed by atoms with Crippen LogP contribution in [0.4, 0.5) is 0 Å². The fourth-order valence-corrected chi connectivity index (χ4v) is 0.489. The second kappa shape index (κ2) is 3.87. The summed E-state index contributed by atoms with van der Waals surface area (Å²) in [6, 6.07) is 0. The Kier molecular flexibility index (Phi) is 3.83. The van der Waals surface area contributed by atoms with Gasteiger partial charge in [0.25, 0.3) is 0 Å². The molecule has 2 nitrogen and oxygen atoms in total. The van der Waals surface area contributed by atoms with Crippen LogP contribution in [0.3, 0.4) is 0 Å². The predicted molar refractivity (Wildman–Crippen MR) is 32.8 cm³/mol. The molecule has 8 heavy (non-hydrogen) atoms. The summed E-state index contributed by atoms with van der Waals surface area (Å²) in [7, 11) is 1.60. The monoisotopic (exact) mass is 118 g/mol. The number of aliphatic hydroxyl groups excluding tert-OH is 1. The first-order valence-electron chi connectivity index (χ1n) is 2.93. The van der Waals surface area contributed by atoms with Crippen molar-refractivity contribution in [2.24, 2.45) is 0 Å². The summed E-state index contributed by atoms with van der Waals surface area (Å²) in [5.74, 6) is 0. The SMILES string of the molecule is CC[C@@H](O)[C@@H](C)OC. The van der Waals surface area contributed by atoms with Crippen molar-refractivity contribution in [3.8, 4) is 0 Å². The maximum atomic E-state index is 9.00. The van der Waals surface area contributed by atoms with Crippen LogP contribution in [-0.4, -0.2) is 24.4 Å². The first kappa shape index (κ1) is 7.92. The van der Waals surface area contributed by atoms with Crippen LogP contribution >= 0.6 is 0 Å². The summed E-state index contributed by atoms with van der Waals surface area (Å²) in [4.78, 5) is 0. The van der Waals surface area contributed by atoms with Gasteiger partial charge in [0.2, 0.25) is 0 Å². The van der Waals surface area contributed by atoms with Crippen LogP contribution in [0.15, 0.2) is 0 Å². The van der Waals surface area contributed by atoms with E-state index in [9.17, 15) is 0 Å². The van der Waals surface area contributed by atoms with E-state index in [1.54, 1.807) is 7.11 Å². The minimum Gasteiger partial charge on any atom is -0.390 e. The van der Waals surface area contributed by atoms with Gasteiger partial charge < -0.3 is 9.84 Å². The lowest BCUT2D eigenvalue weighted by molar-refractivity contribution is -0.00166. The lowest BCUT2D eigenvalue weighted by Gasteiger charge is -2.14. The van der Waals surface area contributed by atoms with E-state index in [0.29, 0.717) is 0 Å². The highest BCUT2D eigenvalue weighted by atomic mass is 16.5. The third kappa shape index (κ3) is 2.28. The fourth-order valence-electron chi connectivity index (χ4n) is 0.489. The maximum Gasteiger partial charge on any atom is 0.0801 e. The largest absolute Gasteiger partial charge is 0.390 e. The molecule has 0 amide bonds. The predicted octanol–water partition coefficient (Wildman–Crippen LogP) is 0.792. The van der Waals surface area contributed by atoms with Crippen LogP contribution in [0.1, 0.15) is 20.3 Å². The standard InChI is InChI=1S/C6H14O2/c1-4-6(7)5(2)8-3/h5-7H,4H2,1-3H3/t5-,6-/m1/s1. The molecule has 2 atom stereocenters. The van der Waals surface area contributed by atoms with Crippen LogP contribution in [-0.2, 0) is 4.74 Å². The number of hydrogen-bond acceptors (Lipinski definition) is 2. The van der Waals surface area contributed by atoms with Gasteiger partial charge in [-0.05, 0) is 13.3 Å². The zero-order valence-electron chi connectivity index (χ0n) is 5.72. The Hall–Kier alpha value is -0.0800. The molecule has 0 fully saturated rings. The number of methoxy groups -OCH3 is 1. The molecule has 0 rings (SSSR count). The molecule has 0 bridgehead atoms. The van der Waals surface area contributed by atoms with E-state index in [1.807, 2.05) is 13.8 Å². The van der Waals surface area contributed by atoms with E-state index in [1.165, 1.54) is 0 Å². The second-order valence-corrected chi connectivity index (χ2v) is 1.92. The Morgan fingerprint density at radius 1 is 1.62 bits per heavy atom. The number of rotatable bonds is 3. The first-order chi connectivity index (χ1) is 3.72. The van der Waals surface area contributed by atoms with E-state index in [-0.39, 0.29) is 12.2 Å². The Morgan fingerprint density at radius 3 is 2.25 bits per heavy atom. The Morgan fingerprint density at radius 2 is 2.12 bits per heavy atom. The van der Waals surface area contributed by atoms with Crippen molar-refractivity contribution in [2.45, 2.75) is 32.5 Å². The molecule has 0 aromatic rings. The van der Waals surface area contributed by atoms with Crippen molar-refractivity contribution < 1.29 is 9.84 Å². The highest BCUT2D eigenvalue weighted by Crippen LogP contribution is 1.99. The molecule has 0 aliphatic heterocycles. The molecule has 0 aromatic heterocycles. The van der Waals surface area contributed by atoms with Crippen LogP contribution in [0.25, 0.3) is 0 Å². The highest BCUT2D eigenvalue weighted by molar-refractivity contribution is 4.59. The average Bonchev–Trinajstić information content (AvgIpc) is 1.84. The van der Waals surface area contributed by atoms with Gasteiger partial charge in [-0.3, -0.25) is 0 Å². The third-order valence-corrected chi connectivity index (χ3v) is 1.33. The molecule has 0 unspecified atom stereocenters. The van der Waals surface area contributed by atoms with Crippen molar-refractivity contribution in [1.29, 1.82) is 0 Å². The molecule has 0 heterocycles. The molecule has 0 saturated carbocycles. The second-order valence-electron chi connectivity index (χ2n) is 1.92. The third-order valence-electron chi connectivity index (χ3n) is 1.33. The van der Waals surface area contributed by atoms with E-state index in [2.05, 4.69) is 0 Å². The average molecular weight is 118 g/mol. The van der Waals surface area contributed by atoms with E-state index in [4.69, 9.17) is 9.84 Å². The maximum absolute atomic E-state index is 9.00. The quantitative estimate of drug-likeness (QED) is 0.593. The molecule has 0 aliphatic rings. The number of ether oxygens (including phenoxy) is 1. The molecular weight excluding hydrogens is 104 g/mol. The van der Waals surface area contributed by atoms with E-state index in [0.717, 1.165) is 6.42 Å². The summed E-state index contributed by atoms with van der Waals surface area (Å²) in [6.07, 6.45) is 0.426. The number of hydrogen-bond donors (Lipinski definition) is 1. The van der Waals surface area contributed by atoms with Gasteiger partial charge in [0, 0.05) is 7.11 Å². The highest BCUT2D eigenvalue weighted by Gasteiger charge is 2.08. The van der Waals surface area contributed by atoms with E-state index >= 15 is 0 Å². The van der Waals surface area contributed by atoms with Crippen molar-refractivity contribution in [2.75, 3.05) is 7.11 Å². The molecule has 50 valence electrons. The van der Waals surface area contributed by atoms with Crippen LogP contribution in [0.2, 0.25) is 0 Å².